The molecule has 1 aliphatic carbocycles. The highest BCUT2D eigenvalue weighted by atomic mass is 16.6. The monoisotopic (exact) mass is 264 g/mol. The second-order valence-electron chi connectivity index (χ2n) is 5.48. The number of carboxylic acids is 1. The van der Waals surface area contributed by atoms with E-state index in [1.54, 1.807) is 0 Å². The van der Waals surface area contributed by atoms with Gasteiger partial charge in [-0.25, -0.2) is 4.79 Å². The van der Waals surface area contributed by atoms with Gasteiger partial charge in [-0.15, -0.1) is 0 Å². The van der Waals surface area contributed by atoms with Crippen molar-refractivity contribution in [1.29, 1.82) is 0 Å². The van der Waals surface area contributed by atoms with E-state index in [0.717, 1.165) is 18.4 Å². The van der Waals surface area contributed by atoms with Crippen molar-refractivity contribution in [3.63, 3.8) is 0 Å². The van der Waals surface area contributed by atoms with Gasteiger partial charge in [-0.05, 0) is 38.7 Å². The van der Waals surface area contributed by atoms with Gasteiger partial charge in [0.15, 0.2) is 0 Å². The fourth-order valence-corrected chi connectivity index (χ4v) is 2.82. The van der Waals surface area contributed by atoms with E-state index in [1.807, 2.05) is 26.0 Å². The molecule has 1 N–H and O–H groups in total. The first-order chi connectivity index (χ1) is 8.99. The van der Waals surface area contributed by atoms with Crippen LogP contribution in [0.15, 0.2) is 23.3 Å². The molecule has 0 saturated carbocycles. The van der Waals surface area contributed by atoms with Crippen molar-refractivity contribution in [3.05, 3.63) is 23.3 Å². The minimum absolute atomic E-state index is 0.0864. The standard InChI is InChI=1S/C15H20O4/c1-9-4-3-5-11(14(16)17)6-7-12-10(2)15(18)19-13(12)8-9/h5,8,10,12-13H,3-4,6-7H2,1-2H3,(H,16,17)/b9-8-,11-5+/t10-,12-,13+/m0/s1. The number of carbonyl (C=O) groups excluding carboxylic acids is 1. The molecule has 0 unspecified atom stereocenters. The Bertz CT molecular complexity index is 447. The average molecular weight is 264 g/mol. The van der Waals surface area contributed by atoms with Crippen molar-refractivity contribution in [2.45, 2.75) is 45.6 Å². The van der Waals surface area contributed by atoms with Gasteiger partial charge in [-0.3, -0.25) is 4.79 Å². The van der Waals surface area contributed by atoms with E-state index in [2.05, 4.69) is 0 Å². The number of allylic oxidation sites excluding steroid dienone is 2. The van der Waals surface area contributed by atoms with Gasteiger partial charge in [0.2, 0.25) is 0 Å². The molecule has 1 saturated heterocycles. The Kier molecular flexibility index (Phi) is 4.08. The summed E-state index contributed by atoms with van der Waals surface area (Å²) in [5.41, 5.74) is 1.61. The molecule has 0 radical (unpaired) electrons. The molecule has 1 aliphatic heterocycles. The van der Waals surface area contributed by atoms with Gasteiger partial charge >= 0.3 is 11.9 Å². The number of hydrogen-bond acceptors (Lipinski definition) is 3. The molecule has 0 aromatic rings. The summed E-state index contributed by atoms with van der Waals surface area (Å²) in [7, 11) is 0. The normalized spacial score (nSPS) is 37.4. The zero-order valence-electron chi connectivity index (χ0n) is 11.4. The number of hydrogen-bond donors (Lipinski definition) is 1. The third-order valence-corrected chi connectivity index (χ3v) is 4.09. The summed E-state index contributed by atoms with van der Waals surface area (Å²) in [5.74, 6) is -1.08. The van der Waals surface area contributed by atoms with Crippen molar-refractivity contribution in [3.8, 4) is 0 Å². The summed E-state index contributed by atoms with van der Waals surface area (Å²) >= 11 is 0. The van der Waals surface area contributed by atoms with Gasteiger partial charge in [0, 0.05) is 11.5 Å². The summed E-state index contributed by atoms with van der Waals surface area (Å²) < 4.78 is 5.39. The molecule has 0 amide bonds. The van der Waals surface area contributed by atoms with E-state index < -0.39 is 5.97 Å². The molecule has 3 atom stereocenters. The molecule has 2 rings (SSSR count). The summed E-state index contributed by atoms with van der Waals surface area (Å²) in [6.45, 7) is 3.87. The van der Waals surface area contributed by atoms with E-state index in [4.69, 9.17) is 9.84 Å². The van der Waals surface area contributed by atoms with Crippen LogP contribution < -0.4 is 0 Å². The molecular weight excluding hydrogens is 244 g/mol. The molecule has 0 bridgehead atoms. The van der Waals surface area contributed by atoms with Gasteiger partial charge in [-0.1, -0.05) is 18.6 Å². The lowest BCUT2D eigenvalue weighted by atomic mass is 9.84. The Morgan fingerprint density at radius 2 is 2.16 bits per heavy atom. The highest BCUT2D eigenvalue weighted by molar-refractivity contribution is 5.86. The average Bonchev–Trinajstić information content (AvgIpc) is 2.60. The Morgan fingerprint density at radius 3 is 2.84 bits per heavy atom. The molecular formula is C15H20O4. The van der Waals surface area contributed by atoms with Crippen LogP contribution in [0.1, 0.15) is 39.5 Å². The third kappa shape index (κ3) is 3.06. The van der Waals surface area contributed by atoms with Crippen LogP contribution in [-0.2, 0) is 14.3 Å². The maximum Gasteiger partial charge on any atom is 0.331 e. The molecule has 4 heteroatoms. The molecule has 104 valence electrons. The molecule has 4 nitrogen and oxygen atoms in total. The summed E-state index contributed by atoms with van der Waals surface area (Å²) in [6.07, 6.45) is 6.38. The molecule has 0 aromatic heterocycles. The highest BCUT2D eigenvalue weighted by Crippen LogP contribution is 2.35. The van der Waals surface area contributed by atoms with Crippen LogP contribution in [-0.4, -0.2) is 23.1 Å². The first-order valence-corrected chi connectivity index (χ1v) is 6.79. The molecule has 2 aliphatic rings. The fraction of sp³-hybridized carbons (Fsp3) is 0.600. The zero-order chi connectivity index (χ0) is 14.0. The first-order valence-electron chi connectivity index (χ1n) is 6.79. The summed E-state index contributed by atoms with van der Waals surface area (Å²) in [5, 5.41) is 9.16. The van der Waals surface area contributed by atoms with Crippen LogP contribution >= 0.6 is 0 Å². The molecule has 1 heterocycles. The second kappa shape index (κ2) is 5.59. The maximum absolute atomic E-state index is 11.7. The Labute approximate surface area is 113 Å². The number of esters is 1. The Balaban J connectivity index is 2.23. The van der Waals surface area contributed by atoms with Crippen LogP contribution in [0.2, 0.25) is 0 Å². The zero-order valence-corrected chi connectivity index (χ0v) is 11.4. The number of aliphatic carboxylic acids is 1. The van der Waals surface area contributed by atoms with Crippen molar-refractivity contribution in [2.24, 2.45) is 11.8 Å². The number of rotatable bonds is 1. The quantitative estimate of drug-likeness (QED) is 0.584. The van der Waals surface area contributed by atoms with E-state index in [9.17, 15) is 9.59 Å². The van der Waals surface area contributed by atoms with Crippen molar-refractivity contribution >= 4 is 11.9 Å². The summed E-state index contributed by atoms with van der Waals surface area (Å²) in [6, 6.07) is 0. The van der Waals surface area contributed by atoms with Crippen LogP contribution in [0.4, 0.5) is 0 Å². The van der Waals surface area contributed by atoms with E-state index >= 15 is 0 Å². The van der Waals surface area contributed by atoms with Gasteiger partial charge in [0.1, 0.15) is 6.10 Å². The van der Waals surface area contributed by atoms with Gasteiger partial charge in [0.25, 0.3) is 0 Å². The number of ether oxygens (including phenoxy) is 1. The highest BCUT2D eigenvalue weighted by Gasteiger charge is 2.40. The topological polar surface area (TPSA) is 63.6 Å². The largest absolute Gasteiger partial charge is 0.478 e. The summed E-state index contributed by atoms with van der Waals surface area (Å²) in [4.78, 5) is 22.8. The number of carboxylic acid groups (broad SMARTS) is 1. The van der Waals surface area contributed by atoms with Crippen LogP contribution in [0.5, 0.6) is 0 Å². The first kappa shape index (κ1) is 13.8. The van der Waals surface area contributed by atoms with Crippen molar-refractivity contribution < 1.29 is 19.4 Å². The number of carbonyl (C=O) groups is 2. The molecule has 0 aromatic carbocycles. The molecule has 0 spiro atoms. The third-order valence-electron chi connectivity index (χ3n) is 4.09. The van der Waals surface area contributed by atoms with Gasteiger partial charge < -0.3 is 9.84 Å². The lowest BCUT2D eigenvalue weighted by Crippen LogP contribution is -2.19. The Morgan fingerprint density at radius 1 is 1.42 bits per heavy atom. The van der Waals surface area contributed by atoms with Crippen molar-refractivity contribution in [1.82, 2.24) is 0 Å². The smallest absolute Gasteiger partial charge is 0.331 e. The second-order valence-corrected chi connectivity index (χ2v) is 5.48. The van der Waals surface area contributed by atoms with Crippen molar-refractivity contribution in [2.75, 3.05) is 0 Å². The lowest BCUT2D eigenvalue weighted by Gasteiger charge is -2.19. The predicted molar refractivity (Wildman–Crippen MR) is 70.5 cm³/mol. The lowest BCUT2D eigenvalue weighted by molar-refractivity contribution is -0.142. The van der Waals surface area contributed by atoms with Gasteiger partial charge in [-0.2, -0.15) is 0 Å². The van der Waals surface area contributed by atoms with Crippen LogP contribution in [0.25, 0.3) is 0 Å². The molecule has 19 heavy (non-hydrogen) atoms. The van der Waals surface area contributed by atoms with Crippen LogP contribution in [0, 0.1) is 11.8 Å². The van der Waals surface area contributed by atoms with E-state index in [-0.39, 0.29) is 23.9 Å². The van der Waals surface area contributed by atoms with Gasteiger partial charge in [0.05, 0.1) is 5.92 Å². The maximum atomic E-state index is 11.7. The molecule has 1 fully saturated rings. The Hall–Kier alpha value is -1.58. The SMILES string of the molecule is C/C1=C/[C@H]2OC(=O)[C@@H](C)[C@@H]2CC/C(C(=O)O)=C\CC1. The number of fused-ring (bicyclic) bond motifs is 1. The van der Waals surface area contributed by atoms with E-state index in [0.29, 0.717) is 18.4 Å². The minimum Gasteiger partial charge on any atom is -0.478 e. The fourth-order valence-electron chi connectivity index (χ4n) is 2.82. The van der Waals surface area contributed by atoms with E-state index in [1.165, 1.54) is 0 Å². The minimum atomic E-state index is -0.850. The van der Waals surface area contributed by atoms with Crippen LogP contribution in [0.3, 0.4) is 0 Å². The predicted octanol–water partition coefficient (Wildman–Crippen LogP) is 2.70.